The van der Waals surface area contributed by atoms with Crippen LogP contribution in [0.4, 0.5) is 10.5 Å². The summed E-state index contributed by atoms with van der Waals surface area (Å²) in [6.45, 7) is 12.2. The summed E-state index contributed by atoms with van der Waals surface area (Å²) in [5.74, 6) is 0.469. The molecule has 0 spiro atoms. The molecule has 11 nitrogen and oxygen atoms in total. The number of hydrogen-bond acceptors (Lipinski definition) is 8. The van der Waals surface area contributed by atoms with Gasteiger partial charge in [-0.1, -0.05) is 26.0 Å². The van der Waals surface area contributed by atoms with Crippen LogP contribution in [-0.2, 0) is 38.7 Å². The molecule has 1 aromatic carbocycles. The Kier molecular flexibility index (Phi) is 7.65. The van der Waals surface area contributed by atoms with Gasteiger partial charge in [0.15, 0.2) is 5.03 Å². The highest BCUT2D eigenvalue weighted by molar-refractivity contribution is 7.90. The lowest BCUT2D eigenvalue weighted by atomic mass is 9.59. The minimum atomic E-state index is -4.26. The van der Waals surface area contributed by atoms with E-state index in [1.54, 1.807) is 25.6 Å². The fourth-order valence-corrected chi connectivity index (χ4v) is 6.10. The average molecular weight is 596 g/mol. The molecule has 0 unspecified atom stereocenters. The number of sulfonamides is 1. The molecule has 0 radical (unpaired) electrons. The van der Waals surface area contributed by atoms with Gasteiger partial charge in [-0.2, -0.15) is 13.5 Å². The lowest BCUT2D eigenvalue weighted by molar-refractivity contribution is 0.00578. The van der Waals surface area contributed by atoms with Crippen LogP contribution >= 0.6 is 0 Å². The molecular formula is C29H38BN5O6S. The van der Waals surface area contributed by atoms with Crippen molar-refractivity contribution in [2.75, 3.05) is 12.4 Å². The fraction of sp³-hybridized carbons (Fsp3) is 0.483. The van der Waals surface area contributed by atoms with Crippen molar-refractivity contribution in [2.24, 2.45) is 0 Å². The Morgan fingerprint density at radius 3 is 2.45 bits per heavy atom. The Morgan fingerprint density at radius 1 is 1.10 bits per heavy atom. The number of benzene rings is 1. The van der Waals surface area contributed by atoms with Gasteiger partial charge in [0, 0.05) is 41.4 Å². The Hall–Kier alpha value is -3.42. The summed E-state index contributed by atoms with van der Waals surface area (Å²) in [7, 11) is -3.23. The van der Waals surface area contributed by atoms with Crippen molar-refractivity contribution in [3.8, 4) is 17.0 Å². The maximum absolute atomic E-state index is 13.2. The Bertz CT molecular complexity index is 1580. The molecule has 2 aliphatic rings. The second-order valence-electron chi connectivity index (χ2n) is 12.6. The molecule has 1 fully saturated rings. The number of carbonyl (C=O) groups is 1. The molecule has 2 N–H and O–H groups in total. The highest BCUT2D eigenvalue weighted by atomic mass is 32.2. The topological polar surface area (TPSA) is 134 Å². The van der Waals surface area contributed by atoms with Crippen molar-refractivity contribution in [1.29, 1.82) is 0 Å². The van der Waals surface area contributed by atoms with E-state index in [9.17, 15) is 13.2 Å². The number of urea groups is 1. The number of pyridine rings is 1. The van der Waals surface area contributed by atoms with Crippen LogP contribution in [0, 0.1) is 0 Å². The third kappa shape index (κ3) is 5.77. The van der Waals surface area contributed by atoms with E-state index in [1.165, 1.54) is 10.7 Å². The normalized spacial score (nSPS) is 17.6. The molecule has 0 bridgehead atoms. The van der Waals surface area contributed by atoms with E-state index < -0.39 is 39.7 Å². The minimum Gasteiger partial charge on any atom is -0.481 e. The van der Waals surface area contributed by atoms with Gasteiger partial charge < -0.3 is 19.4 Å². The van der Waals surface area contributed by atoms with Crippen molar-refractivity contribution < 1.29 is 27.3 Å². The molecule has 3 heterocycles. The van der Waals surface area contributed by atoms with E-state index >= 15 is 0 Å². The summed E-state index contributed by atoms with van der Waals surface area (Å²) in [5, 5.41) is 6.28. The second-order valence-corrected chi connectivity index (χ2v) is 14.2. The number of fused-ring (bicyclic) bond motifs is 1. The first kappa shape index (κ1) is 30.1. The van der Waals surface area contributed by atoms with Crippen molar-refractivity contribution in [3.05, 3.63) is 53.9 Å². The van der Waals surface area contributed by atoms with Crippen LogP contribution in [0.1, 0.15) is 59.1 Å². The number of amides is 2. The highest BCUT2D eigenvalue weighted by Crippen LogP contribution is 2.45. The lowest BCUT2D eigenvalue weighted by Gasteiger charge is -2.32. The second kappa shape index (κ2) is 10.7. The largest absolute Gasteiger partial charge is 0.481 e. The van der Waals surface area contributed by atoms with Gasteiger partial charge in [-0.25, -0.2) is 14.5 Å². The molecule has 3 aromatic rings. The predicted octanol–water partition coefficient (Wildman–Crippen LogP) is 4.83. The summed E-state index contributed by atoms with van der Waals surface area (Å²) >= 11 is 0. The number of aryl methyl sites for hydroxylation is 1. The van der Waals surface area contributed by atoms with E-state index in [0.717, 1.165) is 41.5 Å². The van der Waals surface area contributed by atoms with Gasteiger partial charge >= 0.3 is 13.1 Å². The quantitative estimate of drug-likeness (QED) is 0.354. The molecule has 0 saturated carbocycles. The van der Waals surface area contributed by atoms with Gasteiger partial charge in [-0.15, -0.1) is 0 Å². The smallest absolute Gasteiger partial charge is 0.465 e. The van der Waals surface area contributed by atoms with Crippen LogP contribution in [0.25, 0.3) is 11.1 Å². The molecule has 42 heavy (non-hydrogen) atoms. The van der Waals surface area contributed by atoms with E-state index in [1.807, 2.05) is 59.7 Å². The number of anilines is 1. The van der Waals surface area contributed by atoms with Crippen LogP contribution in [0.15, 0.2) is 47.8 Å². The molecule has 224 valence electrons. The molecule has 1 aliphatic carbocycles. The van der Waals surface area contributed by atoms with Crippen molar-refractivity contribution in [1.82, 2.24) is 19.5 Å². The van der Waals surface area contributed by atoms with Gasteiger partial charge in [0.2, 0.25) is 5.88 Å². The number of nitrogens with zero attached hydrogens (tertiary/aromatic N) is 3. The Morgan fingerprint density at radius 2 is 1.81 bits per heavy atom. The van der Waals surface area contributed by atoms with E-state index in [0.29, 0.717) is 18.1 Å². The Balaban J connectivity index is 1.31. The van der Waals surface area contributed by atoms with Gasteiger partial charge in [-0.3, -0.25) is 4.68 Å². The summed E-state index contributed by atoms with van der Waals surface area (Å²) in [6, 6.07) is 8.04. The molecular weight excluding hydrogens is 557 g/mol. The van der Waals surface area contributed by atoms with Crippen molar-refractivity contribution in [2.45, 2.75) is 88.9 Å². The van der Waals surface area contributed by atoms with Crippen LogP contribution in [0.2, 0.25) is 5.31 Å². The summed E-state index contributed by atoms with van der Waals surface area (Å²) in [5.41, 5.74) is 3.21. The number of rotatable bonds is 8. The zero-order chi connectivity index (χ0) is 30.5. The van der Waals surface area contributed by atoms with Crippen LogP contribution < -0.4 is 14.8 Å². The van der Waals surface area contributed by atoms with E-state index in [2.05, 4.69) is 20.1 Å². The van der Waals surface area contributed by atoms with Crippen molar-refractivity contribution >= 4 is 28.9 Å². The molecule has 13 heteroatoms. The summed E-state index contributed by atoms with van der Waals surface area (Å²) in [6.07, 6.45) is 5.85. The molecule has 5 rings (SSSR count). The van der Waals surface area contributed by atoms with Crippen LogP contribution in [-0.4, -0.2) is 54.6 Å². The maximum atomic E-state index is 13.2. The number of aromatic nitrogens is 3. The molecule has 1 aliphatic heterocycles. The number of ether oxygens (including phenoxy) is 1. The predicted molar refractivity (Wildman–Crippen MR) is 160 cm³/mol. The third-order valence-electron chi connectivity index (χ3n) is 8.36. The van der Waals surface area contributed by atoms with Gasteiger partial charge in [0.25, 0.3) is 10.0 Å². The van der Waals surface area contributed by atoms with Gasteiger partial charge in [0.1, 0.15) is 0 Å². The maximum Gasteiger partial charge on any atom is 0.465 e. The van der Waals surface area contributed by atoms with Crippen molar-refractivity contribution in [3.63, 3.8) is 0 Å². The minimum absolute atomic E-state index is 0.264. The molecule has 2 aromatic heterocycles. The Labute approximate surface area is 247 Å². The summed E-state index contributed by atoms with van der Waals surface area (Å²) in [4.78, 5) is 17.4. The van der Waals surface area contributed by atoms with E-state index in [4.69, 9.17) is 14.0 Å². The van der Waals surface area contributed by atoms with Gasteiger partial charge in [0.05, 0.1) is 24.0 Å². The standard InChI is InChI=1S/C29H38BN5O6S/c1-27(2,30-40-28(3,4)29(5,6)41-30)18-35-16-15-24(33-35)42(37,38)34-26(36)32-25-21-10-8-9-19(21)11-13-22(25)20-12-14-23(39-7)31-17-20/h11-17H,8-10,18H2,1-7H3,(H2,32,34,36). The number of carbonyl (C=O) groups excluding carboxylic acids is 1. The van der Waals surface area contributed by atoms with E-state index in [-0.39, 0.29) is 5.03 Å². The third-order valence-corrected chi connectivity index (χ3v) is 9.58. The number of nitrogens with one attached hydrogen (secondary N) is 2. The van der Waals surface area contributed by atoms with Crippen LogP contribution in [0.3, 0.4) is 0 Å². The SMILES string of the molecule is COc1ccc(-c2ccc3c(c2NC(=O)NS(=O)(=O)c2ccn(CC(C)(C)B4OC(C)(C)C(C)(C)O4)n2)CCC3)cn1. The first-order valence-electron chi connectivity index (χ1n) is 14.0. The monoisotopic (exact) mass is 595 g/mol. The first-order valence-corrected chi connectivity index (χ1v) is 15.5. The first-order chi connectivity index (χ1) is 19.6. The molecule has 1 saturated heterocycles. The summed E-state index contributed by atoms with van der Waals surface area (Å²) < 4.78 is 47.6. The zero-order valence-electron chi connectivity index (χ0n) is 25.1. The molecule has 2 amide bonds. The zero-order valence-corrected chi connectivity index (χ0v) is 26.0. The fourth-order valence-electron chi connectivity index (χ4n) is 5.25. The number of methoxy groups -OCH3 is 1. The lowest BCUT2D eigenvalue weighted by Crippen LogP contribution is -2.41. The average Bonchev–Trinajstić information content (AvgIpc) is 3.62. The van der Waals surface area contributed by atoms with Gasteiger partial charge in [-0.05, 0) is 70.2 Å². The van der Waals surface area contributed by atoms with Crippen LogP contribution in [0.5, 0.6) is 5.88 Å². The highest BCUT2D eigenvalue weighted by Gasteiger charge is 2.56. The molecule has 0 atom stereocenters. The number of hydrogen-bond donors (Lipinski definition) is 2.